The summed E-state index contributed by atoms with van der Waals surface area (Å²) in [6, 6.07) is 14.3. The lowest BCUT2D eigenvalue weighted by Gasteiger charge is -2.07. The summed E-state index contributed by atoms with van der Waals surface area (Å²) < 4.78 is 5.40. The number of anilines is 1. The summed E-state index contributed by atoms with van der Waals surface area (Å²) in [4.78, 5) is 13.0. The maximum Gasteiger partial charge on any atom is 0.255 e. The van der Waals surface area contributed by atoms with Gasteiger partial charge >= 0.3 is 0 Å². The zero-order chi connectivity index (χ0) is 14.4. The Morgan fingerprint density at radius 2 is 2.00 bits per heavy atom. The van der Waals surface area contributed by atoms with E-state index < -0.39 is 0 Å². The van der Waals surface area contributed by atoms with Gasteiger partial charge in [0.25, 0.3) is 5.91 Å². The van der Waals surface area contributed by atoms with Gasteiger partial charge in [0.15, 0.2) is 0 Å². The van der Waals surface area contributed by atoms with E-state index in [4.69, 9.17) is 4.74 Å². The van der Waals surface area contributed by atoms with Crippen molar-refractivity contribution in [3.8, 4) is 5.75 Å². The molecular formula is C16H15NO2S. The van der Waals surface area contributed by atoms with Gasteiger partial charge in [-0.25, -0.2) is 0 Å². The Bertz CT molecular complexity index is 608. The molecule has 0 unspecified atom stereocenters. The van der Waals surface area contributed by atoms with Crippen LogP contribution in [0.25, 0.3) is 0 Å². The number of carbonyl (C=O) groups excluding carboxylic acids is 1. The Kier molecular flexibility index (Phi) is 4.85. The molecule has 0 bridgehead atoms. The molecule has 20 heavy (non-hydrogen) atoms. The van der Waals surface area contributed by atoms with Crippen LogP contribution in [0.5, 0.6) is 5.75 Å². The first kappa shape index (κ1) is 14.2. The van der Waals surface area contributed by atoms with E-state index in [9.17, 15) is 4.79 Å². The van der Waals surface area contributed by atoms with Crippen molar-refractivity contribution in [2.75, 3.05) is 11.9 Å². The summed E-state index contributed by atoms with van der Waals surface area (Å²) >= 11 is 4.20. The molecule has 0 atom stereocenters. The molecule has 1 amide bonds. The van der Waals surface area contributed by atoms with Crippen molar-refractivity contribution in [1.82, 2.24) is 0 Å². The summed E-state index contributed by atoms with van der Waals surface area (Å²) in [7, 11) is 0. The summed E-state index contributed by atoms with van der Waals surface area (Å²) in [6.45, 7) is 4.00. The second-order valence-corrected chi connectivity index (χ2v) is 4.64. The quantitative estimate of drug-likeness (QED) is 0.648. The molecule has 2 rings (SSSR count). The first-order valence-corrected chi connectivity index (χ1v) is 6.58. The predicted molar refractivity (Wildman–Crippen MR) is 83.8 cm³/mol. The Balaban J connectivity index is 2.08. The van der Waals surface area contributed by atoms with E-state index in [1.54, 1.807) is 42.5 Å². The number of benzene rings is 2. The molecule has 0 heterocycles. The van der Waals surface area contributed by atoms with Gasteiger partial charge in [0.05, 0.1) is 0 Å². The molecule has 0 aliphatic rings. The SMILES string of the molecule is C=CCOc1cccc(C(=O)Nc2ccc(S)cc2)c1. The number of rotatable bonds is 5. The van der Waals surface area contributed by atoms with E-state index in [2.05, 4.69) is 24.5 Å². The van der Waals surface area contributed by atoms with E-state index in [0.29, 0.717) is 17.9 Å². The molecular weight excluding hydrogens is 270 g/mol. The molecule has 0 saturated carbocycles. The first-order chi connectivity index (χ1) is 9.69. The fourth-order valence-electron chi connectivity index (χ4n) is 1.63. The molecule has 2 aromatic carbocycles. The molecule has 4 heteroatoms. The van der Waals surface area contributed by atoms with E-state index in [1.807, 2.05) is 12.1 Å². The van der Waals surface area contributed by atoms with Gasteiger partial charge in [-0.15, -0.1) is 12.6 Å². The van der Waals surface area contributed by atoms with Gasteiger partial charge in [0.1, 0.15) is 12.4 Å². The molecule has 0 radical (unpaired) electrons. The third kappa shape index (κ3) is 3.90. The molecule has 0 saturated heterocycles. The molecule has 1 N–H and O–H groups in total. The fourth-order valence-corrected chi connectivity index (χ4v) is 1.78. The number of hydrogen-bond acceptors (Lipinski definition) is 3. The predicted octanol–water partition coefficient (Wildman–Crippen LogP) is 3.79. The molecule has 102 valence electrons. The van der Waals surface area contributed by atoms with Crippen LogP contribution >= 0.6 is 12.6 Å². The van der Waals surface area contributed by atoms with Crippen molar-refractivity contribution in [1.29, 1.82) is 0 Å². The van der Waals surface area contributed by atoms with Crippen molar-refractivity contribution in [2.45, 2.75) is 4.90 Å². The minimum absolute atomic E-state index is 0.180. The highest BCUT2D eigenvalue weighted by Gasteiger charge is 2.07. The van der Waals surface area contributed by atoms with Gasteiger partial charge in [0, 0.05) is 16.1 Å². The number of amides is 1. The average molecular weight is 285 g/mol. The second-order valence-electron chi connectivity index (χ2n) is 4.13. The van der Waals surface area contributed by atoms with Crippen LogP contribution in [0, 0.1) is 0 Å². The Morgan fingerprint density at radius 1 is 1.25 bits per heavy atom. The second kappa shape index (κ2) is 6.82. The van der Waals surface area contributed by atoms with Crippen LogP contribution in [0.2, 0.25) is 0 Å². The normalized spacial score (nSPS) is 9.85. The lowest BCUT2D eigenvalue weighted by molar-refractivity contribution is 0.102. The van der Waals surface area contributed by atoms with Crippen molar-refractivity contribution < 1.29 is 9.53 Å². The van der Waals surface area contributed by atoms with Gasteiger partial charge < -0.3 is 10.1 Å². The van der Waals surface area contributed by atoms with Crippen LogP contribution in [0.3, 0.4) is 0 Å². The highest BCUT2D eigenvalue weighted by molar-refractivity contribution is 7.80. The molecule has 0 spiro atoms. The molecule has 0 aromatic heterocycles. The third-order valence-electron chi connectivity index (χ3n) is 2.59. The third-order valence-corrected chi connectivity index (χ3v) is 2.89. The number of hydrogen-bond donors (Lipinski definition) is 2. The topological polar surface area (TPSA) is 38.3 Å². The lowest BCUT2D eigenvalue weighted by Crippen LogP contribution is -2.11. The molecule has 0 aliphatic carbocycles. The van der Waals surface area contributed by atoms with Crippen molar-refractivity contribution in [2.24, 2.45) is 0 Å². The van der Waals surface area contributed by atoms with Gasteiger partial charge in [-0.3, -0.25) is 4.79 Å². The van der Waals surface area contributed by atoms with Crippen LogP contribution in [-0.2, 0) is 0 Å². The minimum Gasteiger partial charge on any atom is -0.490 e. The zero-order valence-electron chi connectivity index (χ0n) is 10.9. The monoisotopic (exact) mass is 285 g/mol. The number of thiol groups is 1. The van der Waals surface area contributed by atoms with Crippen molar-refractivity contribution >= 4 is 24.2 Å². The van der Waals surface area contributed by atoms with Gasteiger partial charge in [0.2, 0.25) is 0 Å². The molecule has 0 aliphatic heterocycles. The Hall–Kier alpha value is -2.20. The summed E-state index contributed by atoms with van der Waals surface area (Å²) in [5.41, 5.74) is 1.27. The van der Waals surface area contributed by atoms with E-state index in [1.165, 1.54) is 0 Å². The van der Waals surface area contributed by atoms with E-state index in [0.717, 1.165) is 10.6 Å². The van der Waals surface area contributed by atoms with Crippen molar-refractivity contribution in [3.05, 3.63) is 66.7 Å². The van der Waals surface area contributed by atoms with Crippen molar-refractivity contribution in [3.63, 3.8) is 0 Å². The number of ether oxygens (including phenoxy) is 1. The largest absolute Gasteiger partial charge is 0.490 e. The highest BCUT2D eigenvalue weighted by Crippen LogP contribution is 2.16. The first-order valence-electron chi connectivity index (χ1n) is 6.13. The van der Waals surface area contributed by atoms with Crippen LogP contribution in [0.4, 0.5) is 5.69 Å². The molecule has 0 fully saturated rings. The van der Waals surface area contributed by atoms with E-state index >= 15 is 0 Å². The lowest BCUT2D eigenvalue weighted by atomic mass is 10.2. The maximum absolute atomic E-state index is 12.1. The van der Waals surface area contributed by atoms with Gasteiger partial charge in [-0.1, -0.05) is 18.7 Å². The van der Waals surface area contributed by atoms with Crippen LogP contribution in [0.1, 0.15) is 10.4 Å². The van der Waals surface area contributed by atoms with Crippen LogP contribution < -0.4 is 10.1 Å². The average Bonchev–Trinajstić information content (AvgIpc) is 2.48. The number of nitrogens with one attached hydrogen (secondary N) is 1. The van der Waals surface area contributed by atoms with E-state index in [-0.39, 0.29) is 5.91 Å². The molecule has 2 aromatic rings. The fraction of sp³-hybridized carbons (Fsp3) is 0.0625. The maximum atomic E-state index is 12.1. The standard InChI is InChI=1S/C16H15NO2S/c1-2-10-19-14-5-3-4-12(11-14)16(18)17-13-6-8-15(20)9-7-13/h2-9,11,20H,1,10H2,(H,17,18). The van der Waals surface area contributed by atoms with Gasteiger partial charge in [-0.05, 0) is 42.5 Å². The smallest absolute Gasteiger partial charge is 0.255 e. The summed E-state index contributed by atoms with van der Waals surface area (Å²) in [5.74, 6) is 0.462. The molecule has 3 nitrogen and oxygen atoms in total. The van der Waals surface area contributed by atoms with Crippen LogP contribution in [0.15, 0.2) is 66.1 Å². The Labute approximate surface area is 123 Å². The minimum atomic E-state index is -0.180. The zero-order valence-corrected chi connectivity index (χ0v) is 11.8. The van der Waals surface area contributed by atoms with Crippen LogP contribution in [-0.4, -0.2) is 12.5 Å². The highest BCUT2D eigenvalue weighted by atomic mass is 32.1. The summed E-state index contributed by atoms with van der Waals surface area (Å²) in [5, 5.41) is 2.82. The number of carbonyl (C=O) groups is 1. The summed E-state index contributed by atoms with van der Waals surface area (Å²) in [6.07, 6.45) is 1.66. The van der Waals surface area contributed by atoms with Gasteiger partial charge in [-0.2, -0.15) is 0 Å². The Morgan fingerprint density at radius 3 is 2.70 bits per heavy atom.